The number of alkyl halides is 3. The SMILES string of the molecule is O=C1C(SC(F)(F)F)=C(c2ccccc2)c2cccc(Cl)c21. The lowest BCUT2D eigenvalue weighted by molar-refractivity contribution is -0.0322. The predicted octanol–water partition coefficient (Wildman–Crippen LogP) is 5.55. The summed E-state index contributed by atoms with van der Waals surface area (Å²) < 4.78 is 38.5. The van der Waals surface area contributed by atoms with Crippen LogP contribution in [0.4, 0.5) is 13.2 Å². The van der Waals surface area contributed by atoms with Gasteiger partial charge in [-0.1, -0.05) is 54.1 Å². The van der Waals surface area contributed by atoms with Crippen LogP contribution in [0.1, 0.15) is 21.5 Å². The van der Waals surface area contributed by atoms with E-state index in [2.05, 4.69) is 0 Å². The number of Topliss-reactive ketones (excluding diaryl/α,β-unsaturated/α-hetero) is 1. The fourth-order valence-corrected chi connectivity index (χ4v) is 3.43. The van der Waals surface area contributed by atoms with Crippen LogP contribution in [0.2, 0.25) is 5.02 Å². The molecule has 0 atom stereocenters. The Morgan fingerprint density at radius 2 is 1.64 bits per heavy atom. The summed E-state index contributed by atoms with van der Waals surface area (Å²) in [6.07, 6.45) is 0. The second kappa shape index (κ2) is 5.48. The maximum Gasteiger partial charge on any atom is 0.446 e. The molecule has 2 aromatic carbocycles. The number of carbonyl (C=O) groups is 1. The summed E-state index contributed by atoms with van der Waals surface area (Å²) in [6.45, 7) is 0. The summed E-state index contributed by atoms with van der Waals surface area (Å²) in [5.74, 6) is -0.679. The number of carbonyl (C=O) groups excluding carboxylic acids is 1. The van der Waals surface area contributed by atoms with Crippen molar-refractivity contribution < 1.29 is 18.0 Å². The van der Waals surface area contributed by atoms with Gasteiger partial charge in [0.25, 0.3) is 0 Å². The Balaban J connectivity index is 2.26. The van der Waals surface area contributed by atoms with Crippen LogP contribution in [0.3, 0.4) is 0 Å². The van der Waals surface area contributed by atoms with Crippen LogP contribution in [0.25, 0.3) is 5.57 Å². The molecule has 0 fully saturated rings. The summed E-state index contributed by atoms with van der Waals surface area (Å²) in [5.41, 5.74) is -3.13. The third kappa shape index (κ3) is 2.66. The highest BCUT2D eigenvalue weighted by Gasteiger charge is 2.40. The van der Waals surface area contributed by atoms with Crippen molar-refractivity contribution >= 4 is 34.7 Å². The van der Waals surface area contributed by atoms with Gasteiger partial charge in [-0.2, -0.15) is 13.2 Å². The second-order valence-corrected chi connectivity index (χ2v) is 6.09. The number of fused-ring (bicyclic) bond motifs is 1. The summed E-state index contributed by atoms with van der Waals surface area (Å²) in [6, 6.07) is 13.3. The Bertz CT molecular complexity index is 782. The molecule has 0 saturated heterocycles. The van der Waals surface area contributed by atoms with E-state index in [1.807, 2.05) is 0 Å². The molecule has 0 unspecified atom stereocenters. The normalized spacial score (nSPS) is 14.5. The molecule has 0 aliphatic heterocycles. The number of halogens is 4. The Morgan fingerprint density at radius 3 is 2.27 bits per heavy atom. The molecule has 1 aliphatic carbocycles. The van der Waals surface area contributed by atoms with Crippen LogP contribution in [0.5, 0.6) is 0 Å². The molecule has 0 heterocycles. The molecular formula is C16H8ClF3OS. The molecule has 6 heteroatoms. The number of hydrogen-bond donors (Lipinski definition) is 0. The zero-order valence-corrected chi connectivity index (χ0v) is 12.5. The molecule has 22 heavy (non-hydrogen) atoms. The Hall–Kier alpha value is -1.72. The maximum atomic E-state index is 12.8. The van der Waals surface area contributed by atoms with Crippen molar-refractivity contribution in [1.82, 2.24) is 0 Å². The molecule has 2 aromatic rings. The quantitative estimate of drug-likeness (QED) is 0.713. The average Bonchev–Trinajstić information content (AvgIpc) is 2.72. The molecule has 0 N–H and O–H groups in total. The smallest absolute Gasteiger partial charge is 0.288 e. The van der Waals surface area contributed by atoms with E-state index < -0.39 is 11.3 Å². The van der Waals surface area contributed by atoms with E-state index in [0.717, 1.165) is 0 Å². The van der Waals surface area contributed by atoms with Gasteiger partial charge in [0.15, 0.2) is 0 Å². The van der Waals surface area contributed by atoms with Crippen molar-refractivity contribution in [3.8, 4) is 0 Å². The van der Waals surface area contributed by atoms with E-state index in [4.69, 9.17) is 11.6 Å². The number of hydrogen-bond acceptors (Lipinski definition) is 2. The van der Waals surface area contributed by atoms with Crippen molar-refractivity contribution in [2.24, 2.45) is 0 Å². The zero-order chi connectivity index (χ0) is 15.9. The highest BCUT2D eigenvalue weighted by molar-refractivity contribution is 8.05. The fourth-order valence-electron chi connectivity index (χ4n) is 2.42. The summed E-state index contributed by atoms with van der Waals surface area (Å²) >= 11 is 5.63. The summed E-state index contributed by atoms with van der Waals surface area (Å²) in [4.78, 5) is 12.1. The maximum absolute atomic E-state index is 12.8. The van der Waals surface area contributed by atoms with E-state index in [9.17, 15) is 18.0 Å². The van der Waals surface area contributed by atoms with Gasteiger partial charge in [-0.05, 0) is 29.0 Å². The van der Waals surface area contributed by atoms with Gasteiger partial charge in [0.05, 0.1) is 9.93 Å². The lowest BCUT2D eigenvalue weighted by Crippen LogP contribution is -2.05. The first-order chi connectivity index (χ1) is 10.4. The highest BCUT2D eigenvalue weighted by atomic mass is 35.5. The molecule has 0 radical (unpaired) electrons. The van der Waals surface area contributed by atoms with Crippen LogP contribution >= 0.6 is 23.4 Å². The molecule has 1 nitrogen and oxygen atoms in total. The van der Waals surface area contributed by atoms with Crippen molar-refractivity contribution in [2.75, 3.05) is 0 Å². The van der Waals surface area contributed by atoms with Gasteiger partial charge in [0, 0.05) is 11.1 Å². The third-order valence-electron chi connectivity index (χ3n) is 3.22. The Labute approximate surface area is 133 Å². The molecule has 0 amide bonds. The minimum atomic E-state index is -4.54. The average molecular weight is 341 g/mol. The first-order valence-electron chi connectivity index (χ1n) is 6.27. The molecule has 112 valence electrons. The molecule has 0 spiro atoms. The molecule has 3 rings (SSSR count). The first kappa shape index (κ1) is 15.2. The summed E-state index contributed by atoms with van der Waals surface area (Å²) in [7, 11) is 0. The van der Waals surface area contributed by atoms with Crippen LogP contribution < -0.4 is 0 Å². The molecule has 0 saturated carbocycles. The van der Waals surface area contributed by atoms with Gasteiger partial charge in [-0.3, -0.25) is 4.79 Å². The van der Waals surface area contributed by atoms with E-state index in [-0.39, 0.29) is 32.8 Å². The molecule has 0 aromatic heterocycles. The standard InChI is InChI=1S/C16H8ClF3OS/c17-11-8-4-7-10-12(9-5-2-1-3-6-9)15(14(21)13(10)11)22-16(18,19)20/h1-8H. The number of thioether (sulfide) groups is 1. The lowest BCUT2D eigenvalue weighted by Gasteiger charge is -2.09. The van der Waals surface area contributed by atoms with Crippen molar-refractivity contribution in [1.29, 1.82) is 0 Å². The fraction of sp³-hybridized carbons (Fsp3) is 0.0625. The summed E-state index contributed by atoms with van der Waals surface area (Å²) in [5, 5.41) is 0.161. The number of ketones is 1. The van der Waals surface area contributed by atoms with E-state index in [0.29, 0.717) is 11.1 Å². The Kier molecular flexibility index (Phi) is 3.78. The van der Waals surface area contributed by atoms with Gasteiger partial charge < -0.3 is 0 Å². The van der Waals surface area contributed by atoms with E-state index in [1.165, 1.54) is 6.07 Å². The first-order valence-corrected chi connectivity index (χ1v) is 7.47. The third-order valence-corrected chi connectivity index (χ3v) is 4.36. The van der Waals surface area contributed by atoms with Crippen molar-refractivity contribution in [3.05, 3.63) is 75.1 Å². The van der Waals surface area contributed by atoms with Gasteiger partial charge in [0.1, 0.15) is 0 Å². The van der Waals surface area contributed by atoms with Gasteiger partial charge >= 0.3 is 5.51 Å². The van der Waals surface area contributed by atoms with Crippen molar-refractivity contribution in [3.63, 3.8) is 0 Å². The second-order valence-electron chi connectivity index (χ2n) is 4.61. The number of rotatable bonds is 2. The van der Waals surface area contributed by atoms with Gasteiger partial charge in [0.2, 0.25) is 5.78 Å². The van der Waals surface area contributed by atoms with Crippen LogP contribution in [0.15, 0.2) is 53.4 Å². The van der Waals surface area contributed by atoms with Crippen LogP contribution in [-0.2, 0) is 0 Å². The molecule has 1 aliphatic rings. The molecule has 0 bridgehead atoms. The zero-order valence-electron chi connectivity index (χ0n) is 10.9. The predicted molar refractivity (Wildman–Crippen MR) is 81.9 cm³/mol. The van der Waals surface area contributed by atoms with E-state index >= 15 is 0 Å². The monoisotopic (exact) mass is 340 g/mol. The topological polar surface area (TPSA) is 17.1 Å². The molecular weight excluding hydrogens is 333 g/mol. The van der Waals surface area contributed by atoms with Crippen molar-refractivity contribution in [2.45, 2.75) is 5.51 Å². The van der Waals surface area contributed by atoms with Gasteiger partial charge in [-0.25, -0.2) is 0 Å². The van der Waals surface area contributed by atoms with Crippen LogP contribution in [-0.4, -0.2) is 11.3 Å². The minimum absolute atomic E-state index is 0.134. The number of allylic oxidation sites excluding steroid dienone is 1. The number of benzene rings is 2. The largest absolute Gasteiger partial charge is 0.446 e. The van der Waals surface area contributed by atoms with Crippen LogP contribution in [0, 0.1) is 0 Å². The minimum Gasteiger partial charge on any atom is -0.288 e. The highest BCUT2D eigenvalue weighted by Crippen LogP contribution is 2.49. The van der Waals surface area contributed by atoms with Gasteiger partial charge in [-0.15, -0.1) is 0 Å². The van der Waals surface area contributed by atoms with E-state index in [1.54, 1.807) is 42.5 Å². The Morgan fingerprint density at radius 1 is 0.955 bits per heavy atom. The lowest BCUT2D eigenvalue weighted by atomic mass is 9.99.